The zero-order chi connectivity index (χ0) is 32.7. The lowest BCUT2D eigenvalue weighted by Gasteiger charge is -2.31. The van der Waals surface area contributed by atoms with Crippen LogP contribution in [0.1, 0.15) is 74.9 Å². The second-order valence-electron chi connectivity index (χ2n) is 14.1. The number of nitrogen functional groups attached to an aromatic ring is 1. The molecule has 0 radical (unpaired) electrons. The highest BCUT2D eigenvalue weighted by Crippen LogP contribution is 2.46. The number of anilines is 2. The van der Waals surface area contributed by atoms with Crippen molar-refractivity contribution in [2.45, 2.75) is 65.9 Å². The predicted octanol–water partition coefficient (Wildman–Crippen LogP) is 5.50. The maximum Gasteiger partial charge on any atom is 0.268 e. The van der Waals surface area contributed by atoms with Crippen molar-refractivity contribution in [3.8, 4) is 11.5 Å². The van der Waals surface area contributed by atoms with Gasteiger partial charge < -0.3 is 31.1 Å². The van der Waals surface area contributed by atoms with E-state index in [1.807, 2.05) is 19.9 Å². The SMILES string of the molecule is CC(C)(C)CC(C)(C)C(=O)NCCCNC(=O)c1ccc2c(O)cc3c(c2c1)C(CCl)CN3C(=O)C1Cc2cc(N)ccc2O1. The summed E-state index contributed by atoms with van der Waals surface area (Å²) in [4.78, 5) is 41.2. The fourth-order valence-corrected chi connectivity index (χ4v) is 7.02. The molecule has 2 heterocycles. The number of nitrogens with zero attached hydrogens (tertiary/aromatic N) is 1. The summed E-state index contributed by atoms with van der Waals surface area (Å²) < 4.78 is 5.97. The molecule has 0 fully saturated rings. The van der Waals surface area contributed by atoms with E-state index >= 15 is 0 Å². The minimum absolute atomic E-state index is 0.00189. The summed E-state index contributed by atoms with van der Waals surface area (Å²) in [5.74, 6) is 0.225. The van der Waals surface area contributed by atoms with E-state index in [1.54, 1.807) is 41.3 Å². The third kappa shape index (κ3) is 6.83. The molecule has 3 aromatic carbocycles. The molecule has 2 aliphatic heterocycles. The molecule has 3 amide bonds. The standard InChI is InChI=1S/C35H43ClN4O5/c1-34(2,3)19-35(4,5)33(44)39-12-6-11-38-31(42)20-7-9-24-25(14-20)30-22(17-36)18-40(26(30)16-27(24)41)32(43)29-15-21-13-23(37)8-10-28(21)45-29/h7-10,13-14,16,22,29,41H,6,11-12,15,17-19,37H2,1-5H3,(H,38,42)(H,39,44). The first-order valence-corrected chi connectivity index (χ1v) is 16.0. The zero-order valence-electron chi connectivity index (χ0n) is 26.6. The van der Waals surface area contributed by atoms with Gasteiger partial charge in [-0.05, 0) is 65.6 Å². The number of hydrogen-bond donors (Lipinski definition) is 4. The van der Waals surface area contributed by atoms with Crippen LogP contribution < -0.4 is 26.0 Å². The summed E-state index contributed by atoms with van der Waals surface area (Å²) in [6.07, 6.45) is 1.03. The van der Waals surface area contributed by atoms with Crippen LogP contribution in [-0.2, 0) is 16.0 Å². The second kappa shape index (κ2) is 12.4. The summed E-state index contributed by atoms with van der Waals surface area (Å²) in [5.41, 5.74) is 8.78. The third-order valence-electron chi connectivity index (χ3n) is 8.50. The quantitative estimate of drug-likeness (QED) is 0.140. The van der Waals surface area contributed by atoms with Crippen molar-refractivity contribution in [2.75, 3.05) is 36.1 Å². The molecule has 2 aliphatic rings. The molecule has 3 aromatic rings. The van der Waals surface area contributed by atoms with Gasteiger partial charge in [-0.3, -0.25) is 14.4 Å². The summed E-state index contributed by atoms with van der Waals surface area (Å²) in [6, 6.07) is 12.1. The molecule has 0 aliphatic carbocycles. The van der Waals surface area contributed by atoms with E-state index in [1.165, 1.54) is 0 Å². The number of carbonyl (C=O) groups excluding carboxylic acids is 3. The van der Waals surface area contributed by atoms with Gasteiger partial charge in [0.2, 0.25) is 5.91 Å². The largest absolute Gasteiger partial charge is 0.507 e. The Balaban J connectivity index is 1.28. The Hall–Kier alpha value is -3.98. The van der Waals surface area contributed by atoms with Gasteiger partial charge in [-0.15, -0.1) is 11.6 Å². The Morgan fingerprint density at radius 3 is 2.47 bits per heavy atom. The van der Waals surface area contributed by atoms with E-state index in [4.69, 9.17) is 22.1 Å². The Bertz CT molecular complexity index is 1650. The molecule has 10 heteroatoms. The van der Waals surface area contributed by atoms with Gasteiger partial charge in [-0.25, -0.2) is 0 Å². The molecule has 0 saturated heterocycles. The average molecular weight is 635 g/mol. The van der Waals surface area contributed by atoms with Gasteiger partial charge in [0.1, 0.15) is 11.5 Å². The highest BCUT2D eigenvalue weighted by molar-refractivity contribution is 6.19. The van der Waals surface area contributed by atoms with Crippen LogP contribution in [0.4, 0.5) is 11.4 Å². The van der Waals surface area contributed by atoms with Crippen molar-refractivity contribution in [1.29, 1.82) is 0 Å². The molecular weight excluding hydrogens is 592 g/mol. The summed E-state index contributed by atoms with van der Waals surface area (Å²) in [7, 11) is 0. The number of phenolic OH excluding ortho intramolecular Hbond substituents is 1. The Morgan fingerprint density at radius 1 is 1.02 bits per heavy atom. The number of benzene rings is 3. The van der Waals surface area contributed by atoms with Crippen molar-refractivity contribution < 1.29 is 24.2 Å². The molecule has 0 saturated carbocycles. The number of halogens is 1. The van der Waals surface area contributed by atoms with Crippen LogP contribution >= 0.6 is 11.6 Å². The van der Waals surface area contributed by atoms with Gasteiger partial charge in [0.15, 0.2) is 6.10 Å². The van der Waals surface area contributed by atoms with Crippen LogP contribution in [0.3, 0.4) is 0 Å². The summed E-state index contributed by atoms with van der Waals surface area (Å²) in [5, 5.41) is 18.2. The maximum absolute atomic E-state index is 13.7. The first kappa shape index (κ1) is 32.4. The smallest absolute Gasteiger partial charge is 0.268 e. The van der Waals surface area contributed by atoms with Gasteiger partial charge in [-0.2, -0.15) is 0 Å². The summed E-state index contributed by atoms with van der Waals surface area (Å²) >= 11 is 6.42. The zero-order valence-corrected chi connectivity index (χ0v) is 27.4. The average Bonchev–Trinajstić information content (AvgIpc) is 3.56. The minimum Gasteiger partial charge on any atom is -0.507 e. The number of nitrogens with one attached hydrogen (secondary N) is 2. The van der Waals surface area contributed by atoms with Crippen LogP contribution in [0.25, 0.3) is 10.8 Å². The number of rotatable bonds is 9. The van der Waals surface area contributed by atoms with Crippen LogP contribution in [-0.4, -0.2) is 54.4 Å². The van der Waals surface area contributed by atoms with Gasteiger partial charge in [-0.1, -0.05) is 34.6 Å². The Labute approximate surface area is 269 Å². The normalized spacial score (nSPS) is 17.5. The highest BCUT2D eigenvalue weighted by Gasteiger charge is 2.40. The maximum atomic E-state index is 13.7. The van der Waals surface area contributed by atoms with E-state index < -0.39 is 11.5 Å². The van der Waals surface area contributed by atoms with Crippen LogP contribution in [0.5, 0.6) is 11.5 Å². The molecule has 0 spiro atoms. The number of hydrogen-bond acceptors (Lipinski definition) is 6. The van der Waals surface area contributed by atoms with Crippen molar-refractivity contribution in [3.63, 3.8) is 0 Å². The van der Waals surface area contributed by atoms with Gasteiger partial charge in [0.25, 0.3) is 11.8 Å². The van der Waals surface area contributed by atoms with Gasteiger partial charge >= 0.3 is 0 Å². The van der Waals surface area contributed by atoms with Crippen LogP contribution in [0.2, 0.25) is 0 Å². The van der Waals surface area contributed by atoms with E-state index in [9.17, 15) is 19.5 Å². The number of aromatic hydroxyl groups is 1. The topological polar surface area (TPSA) is 134 Å². The Kier molecular flexibility index (Phi) is 8.95. The Morgan fingerprint density at radius 2 is 1.76 bits per heavy atom. The molecule has 0 aromatic heterocycles. The van der Waals surface area contributed by atoms with Crippen molar-refractivity contribution in [1.82, 2.24) is 10.6 Å². The van der Waals surface area contributed by atoms with E-state index in [-0.39, 0.29) is 40.7 Å². The third-order valence-corrected chi connectivity index (χ3v) is 8.87. The van der Waals surface area contributed by atoms with Crippen LogP contribution in [0.15, 0.2) is 42.5 Å². The molecule has 2 atom stereocenters. The molecule has 45 heavy (non-hydrogen) atoms. The molecule has 9 nitrogen and oxygen atoms in total. The number of nitrogens with two attached hydrogens (primary N) is 1. The lowest BCUT2D eigenvalue weighted by atomic mass is 9.76. The number of fused-ring (bicyclic) bond motifs is 4. The first-order valence-electron chi connectivity index (χ1n) is 15.5. The molecule has 240 valence electrons. The number of phenols is 1. The molecule has 5 rings (SSSR count). The lowest BCUT2D eigenvalue weighted by Crippen LogP contribution is -2.41. The molecule has 5 N–H and O–H groups in total. The number of amides is 3. The predicted molar refractivity (Wildman–Crippen MR) is 178 cm³/mol. The highest BCUT2D eigenvalue weighted by atomic mass is 35.5. The van der Waals surface area contributed by atoms with E-state index in [0.29, 0.717) is 65.9 Å². The van der Waals surface area contributed by atoms with Crippen molar-refractivity contribution >= 4 is 51.5 Å². The fraction of sp³-hybridized carbons (Fsp3) is 0.457. The first-order chi connectivity index (χ1) is 21.2. The monoisotopic (exact) mass is 634 g/mol. The number of ether oxygens (including phenoxy) is 1. The van der Waals surface area contributed by atoms with Gasteiger partial charge in [0.05, 0.1) is 5.69 Å². The number of carbonyl (C=O) groups is 3. The number of alkyl halides is 1. The summed E-state index contributed by atoms with van der Waals surface area (Å²) in [6.45, 7) is 11.4. The molecule has 2 unspecified atom stereocenters. The molecular formula is C35H43ClN4O5. The van der Waals surface area contributed by atoms with Gasteiger partial charge in [0, 0.05) is 71.5 Å². The lowest BCUT2D eigenvalue weighted by molar-refractivity contribution is -0.130. The molecule has 0 bridgehead atoms. The van der Waals surface area contributed by atoms with Crippen molar-refractivity contribution in [3.05, 3.63) is 59.2 Å². The fourth-order valence-electron chi connectivity index (χ4n) is 6.77. The minimum atomic E-state index is -0.715. The van der Waals surface area contributed by atoms with Crippen LogP contribution in [0, 0.1) is 10.8 Å². The van der Waals surface area contributed by atoms with Crippen molar-refractivity contribution in [2.24, 2.45) is 10.8 Å². The van der Waals surface area contributed by atoms with E-state index in [0.717, 1.165) is 17.5 Å². The van der Waals surface area contributed by atoms with E-state index in [2.05, 4.69) is 31.4 Å². The second-order valence-corrected chi connectivity index (χ2v) is 14.4.